The van der Waals surface area contributed by atoms with Crippen LogP contribution in [0.5, 0.6) is 0 Å². The molecule has 0 aromatic heterocycles. The number of aryl methyl sites for hydroxylation is 3. The Morgan fingerprint density at radius 3 is 2.27 bits per heavy atom. The third-order valence-corrected chi connectivity index (χ3v) is 3.03. The van der Waals surface area contributed by atoms with Crippen LogP contribution in [0.25, 0.3) is 0 Å². The fraction of sp³-hybridized carbons (Fsp3) is 0.600. The zero-order valence-electron chi connectivity index (χ0n) is 10.5. The molecule has 15 heavy (non-hydrogen) atoms. The fourth-order valence-electron chi connectivity index (χ4n) is 1.90. The predicted molar refractivity (Wildman–Crippen MR) is 68.4 cm³/mol. The van der Waals surface area contributed by atoms with Gasteiger partial charge in [0.2, 0.25) is 0 Å². The maximum atomic E-state index is 2.42. The van der Waals surface area contributed by atoms with Crippen LogP contribution in [0.3, 0.4) is 0 Å². The van der Waals surface area contributed by atoms with Gasteiger partial charge in [0, 0.05) is 0 Å². The molecule has 0 atom stereocenters. The van der Waals surface area contributed by atoms with Crippen molar-refractivity contribution in [1.82, 2.24) is 0 Å². The lowest BCUT2D eigenvalue weighted by molar-refractivity contribution is 0.777. The summed E-state index contributed by atoms with van der Waals surface area (Å²) >= 11 is 0. The standard InChI is InChI=1S/C15H24/c1-4-6-8-14-11-10-13(3)15(12-14)9-7-5-2/h10-12H,4-9H2,1-3H3. The molecule has 0 heterocycles. The average Bonchev–Trinajstić information content (AvgIpc) is 2.26. The summed E-state index contributed by atoms with van der Waals surface area (Å²) in [7, 11) is 0. The molecule has 0 N–H and O–H groups in total. The lowest BCUT2D eigenvalue weighted by Gasteiger charge is -2.08. The molecule has 0 aliphatic rings. The predicted octanol–water partition coefficient (Wildman–Crippen LogP) is 4.68. The Morgan fingerprint density at radius 1 is 0.933 bits per heavy atom. The number of benzene rings is 1. The first kappa shape index (κ1) is 12.3. The Labute approximate surface area is 94.7 Å². The lowest BCUT2D eigenvalue weighted by atomic mass is 9.98. The molecule has 1 aromatic carbocycles. The molecule has 0 aliphatic carbocycles. The molecule has 1 rings (SSSR count). The van der Waals surface area contributed by atoms with Crippen LogP contribution in [0.4, 0.5) is 0 Å². The van der Waals surface area contributed by atoms with Crippen molar-refractivity contribution in [3.8, 4) is 0 Å². The summed E-state index contributed by atoms with van der Waals surface area (Å²) in [5.74, 6) is 0. The smallest absolute Gasteiger partial charge is 0.0276 e. The molecule has 0 amide bonds. The molecule has 0 heteroatoms. The minimum absolute atomic E-state index is 1.25. The fourth-order valence-corrected chi connectivity index (χ4v) is 1.90. The second-order valence-electron chi connectivity index (χ2n) is 4.47. The summed E-state index contributed by atoms with van der Waals surface area (Å²) in [6.07, 6.45) is 7.71. The van der Waals surface area contributed by atoms with Crippen molar-refractivity contribution >= 4 is 0 Å². The van der Waals surface area contributed by atoms with Gasteiger partial charge in [0.25, 0.3) is 0 Å². The van der Waals surface area contributed by atoms with Gasteiger partial charge in [0.05, 0.1) is 0 Å². The van der Waals surface area contributed by atoms with Crippen molar-refractivity contribution in [3.63, 3.8) is 0 Å². The van der Waals surface area contributed by atoms with Crippen LogP contribution in [-0.2, 0) is 12.8 Å². The van der Waals surface area contributed by atoms with Crippen LogP contribution in [0.1, 0.15) is 56.2 Å². The summed E-state index contributed by atoms with van der Waals surface area (Å²) in [4.78, 5) is 0. The first-order valence-electron chi connectivity index (χ1n) is 6.36. The highest BCUT2D eigenvalue weighted by molar-refractivity contribution is 5.31. The molecule has 0 radical (unpaired) electrons. The van der Waals surface area contributed by atoms with Crippen molar-refractivity contribution in [2.24, 2.45) is 0 Å². The van der Waals surface area contributed by atoms with Crippen molar-refractivity contribution in [1.29, 1.82) is 0 Å². The molecular formula is C15H24. The highest BCUT2D eigenvalue weighted by Crippen LogP contribution is 2.15. The van der Waals surface area contributed by atoms with Gasteiger partial charge in [-0.15, -0.1) is 0 Å². The van der Waals surface area contributed by atoms with E-state index in [2.05, 4.69) is 39.0 Å². The second kappa shape index (κ2) is 6.66. The zero-order chi connectivity index (χ0) is 11.1. The van der Waals surface area contributed by atoms with Crippen LogP contribution in [0.15, 0.2) is 18.2 Å². The normalized spacial score (nSPS) is 10.6. The van der Waals surface area contributed by atoms with E-state index in [1.807, 2.05) is 0 Å². The summed E-state index contributed by atoms with van der Waals surface area (Å²) in [5, 5.41) is 0. The van der Waals surface area contributed by atoms with Crippen molar-refractivity contribution in [3.05, 3.63) is 34.9 Å². The molecule has 0 unspecified atom stereocenters. The maximum Gasteiger partial charge on any atom is -0.0276 e. The number of hydrogen-bond acceptors (Lipinski definition) is 0. The quantitative estimate of drug-likeness (QED) is 0.631. The Hall–Kier alpha value is -0.780. The molecule has 0 fully saturated rings. The maximum absolute atomic E-state index is 2.42. The summed E-state index contributed by atoms with van der Waals surface area (Å²) in [6.45, 7) is 6.75. The Morgan fingerprint density at radius 2 is 1.60 bits per heavy atom. The molecule has 0 bridgehead atoms. The lowest BCUT2D eigenvalue weighted by Crippen LogP contribution is -1.93. The topological polar surface area (TPSA) is 0 Å². The highest BCUT2D eigenvalue weighted by atomic mass is 14.1. The third kappa shape index (κ3) is 4.07. The van der Waals surface area contributed by atoms with E-state index in [9.17, 15) is 0 Å². The molecule has 1 aromatic rings. The van der Waals surface area contributed by atoms with E-state index in [0.717, 1.165) is 0 Å². The van der Waals surface area contributed by atoms with E-state index in [-0.39, 0.29) is 0 Å². The minimum Gasteiger partial charge on any atom is -0.0654 e. The SMILES string of the molecule is CCCCc1ccc(C)c(CCCC)c1. The largest absolute Gasteiger partial charge is 0.0654 e. The first-order valence-corrected chi connectivity index (χ1v) is 6.36. The van der Waals surface area contributed by atoms with E-state index >= 15 is 0 Å². The molecule has 0 saturated heterocycles. The first-order chi connectivity index (χ1) is 7.27. The van der Waals surface area contributed by atoms with Gasteiger partial charge >= 0.3 is 0 Å². The van der Waals surface area contributed by atoms with Crippen LogP contribution in [-0.4, -0.2) is 0 Å². The number of rotatable bonds is 6. The number of unbranched alkanes of at least 4 members (excludes halogenated alkanes) is 2. The van der Waals surface area contributed by atoms with E-state index in [1.165, 1.54) is 49.7 Å². The van der Waals surface area contributed by atoms with Crippen LogP contribution in [0.2, 0.25) is 0 Å². The van der Waals surface area contributed by atoms with Crippen molar-refractivity contribution in [2.45, 2.75) is 59.3 Å². The molecular weight excluding hydrogens is 180 g/mol. The van der Waals surface area contributed by atoms with Gasteiger partial charge in [-0.05, 0) is 49.3 Å². The zero-order valence-corrected chi connectivity index (χ0v) is 10.5. The summed E-state index contributed by atoms with van der Waals surface area (Å²) in [5.41, 5.74) is 4.54. The van der Waals surface area contributed by atoms with Gasteiger partial charge in [-0.1, -0.05) is 44.9 Å². The monoisotopic (exact) mass is 204 g/mol. The van der Waals surface area contributed by atoms with Crippen molar-refractivity contribution < 1.29 is 0 Å². The minimum atomic E-state index is 1.25. The molecule has 0 spiro atoms. The molecule has 0 aliphatic heterocycles. The van der Waals surface area contributed by atoms with E-state index in [4.69, 9.17) is 0 Å². The van der Waals surface area contributed by atoms with Crippen LogP contribution >= 0.6 is 0 Å². The Bertz CT molecular complexity index is 286. The molecule has 84 valence electrons. The number of hydrogen-bond donors (Lipinski definition) is 0. The summed E-state index contributed by atoms with van der Waals surface area (Å²) < 4.78 is 0. The van der Waals surface area contributed by atoms with Gasteiger partial charge in [-0.25, -0.2) is 0 Å². The molecule has 0 nitrogen and oxygen atoms in total. The highest BCUT2D eigenvalue weighted by Gasteiger charge is 2.00. The Kier molecular flexibility index (Phi) is 5.45. The van der Waals surface area contributed by atoms with Crippen LogP contribution < -0.4 is 0 Å². The van der Waals surface area contributed by atoms with Gasteiger partial charge in [0.1, 0.15) is 0 Å². The van der Waals surface area contributed by atoms with Gasteiger partial charge in [0.15, 0.2) is 0 Å². The van der Waals surface area contributed by atoms with Crippen LogP contribution in [0, 0.1) is 6.92 Å². The van der Waals surface area contributed by atoms with Gasteiger partial charge in [-0.2, -0.15) is 0 Å². The summed E-state index contributed by atoms with van der Waals surface area (Å²) in [6, 6.07) is 7.00. The van der Waals surface area contributed by atoms with Gasteiger partial charge < -0.3 is 0 Å². The van der Waals surface area contributed by atoms with Crippen molar-refractivity contribution in [2.75, 3.05) is 0 Å². The third-order valence-electron chi connectivity index (χ3n) is 3.03. The molecule has 0 saturated carbocycles. The second-order valence-corrected chi connectivity index (χ2v) is 4.47. The van der Waals surface area contributed by atoms with E-state index in [0.29, 0.717) is 0 Å². The average molecular weight is 204 g/mol. The van der Waals surface area contributed by atoms with E-state index in [1.54, 1.807) is 5.56 Å². The Balaban J connectivity index is 2.66. The van der Waals surface area contributed by atoms with E-state index < -0.39 is 0 Å². The van der Waals surface area contributed by atoms with Gasteiger partial charge in [-0.3, -0.25) is 0 Å².